The second kappa shape index (κ2) is 6.24. The maximum absolute atomic E-state index is 12.9. The van der Waals surface area contributed by atoms with Crippen molar-refractivity contribution >= 4 is 38.3 Å². The van der Waals surface area contributed by atoms with Crippen LogP contribution < -0.4 is 9.64 Å². The van der Waals surface area contributed by atoms with Crippen molar-refractivity contribution in [1.82, 2.24) is 4.98 Å². The zero-order valence-electron chi connectivity index (χ0n) is 13.4. The van der Waals surface area contributed by atoms with E-state index in [1.165, 1.54) is 0 Å². The molecule has 0 atom stereocenters. The lowest BCUT2D eigenvalue weighted by molar-refractivity contribution is -0.119. The molecule has 1 aliphatic rings. The van der Waals surface area contributed by atoms with E-state index in [0.717, 1.165) is 39.6 Å². The molecular formula is C19H18N2O2S. The number of anilines is 2. The van der Waals surface area contributed by atoms with Gasteiger partial charge in [-0.3, -0.25) is 9.69 Å². The van der Waals surface area contributed by atoms with Gasteiger partial charge in [0.1, 0.15) is 5.75 Å². The summed E-state index contributed by atoms with van der Waals surface area (Å²) in [5.74, 6) is 1.08. The van der Waals surface area contributed by atoms with Gasteiger partial charge in [-0.1, -0.05) is 23.5 Å². The molecule has 3 aromatic rings. The van der Waals surface area contributed by atoms with Crippen molar-refractivity contribution in [2.75, 3.05) is 11.5 Å². The predicted molar refractivity (Wildman–Crippen MR) is 97.1 cm³/mol. The predicted octanol–water partition coefficient (Wildman–Crippen LogP) is 4.77. The summed E-state index contributed by atoms with van der Waals surface area (Å²) >= 11 is 1.55. The molecule has 0 radical (unpaired) electrons. The summed E-state index contributed by atoms with van der Waals surface area (Å²) < 4.78 is 6.59. The molecule has 1 saturated carbocycles. The molecule has 0 saturated heterocycles. The molecule has 1 amide bonds. The molecular weight excluding hydrogens is 320 g/mol. The van der Waals surface area contributed by atoms with Crippen LogP contribution in [0.1, 0.15) is 19.8 Å². The van der Waals surface area contributed by atoms with E-state index < -0.39 is 0 Å². The van der Waals surface area contributed by atoms with Crippen LogP contribution in [0.3, 0.4) is 0 Å². The first-order valence-corrected chi connectivity index (χ1v) is 9.00. The Morgan fingerprint density at radius 1 is 1.21 bits per heavy atom. The topological polar surface area (TPSA) is 42.4 Å². The molecule has 1 heterocycles. The molecule has 0 bridgehead atoms. The monoisotopic (exact) mass is 338 g/mol. The minimum Gasteiger partial charge on any atom is -0.494 e. The first-order chi connectivity index (χ1) is 11.8. The molecule has 1 aromatic heterocycles. The maximum atomic E-state index is 12.9. The van der Waals surface area contributed by atoms with Crippen LogP contribution in [0.5, 0.6) is 5.75 Å². The third-order valence-corrected chi connectivity index (χ3v) is 5.05. The largest absolute Gasteiger partial charge is 0.494 e. The Kier molecular flexibility index (Phi) is 3.94. The van der Waals surface area contributed by atoms with E-state index in [1.54, 1.807) is 16.2 Å². The van der Waals surface area contributed by atoms with Crippen molar-refractivity contribution in [3.63, 3.8) is 0 Å². The molecule has 4 rings (SSSR count). The summed E-state index contributed by atoms with van der Waals surface area (Å²) in [6.45, 7) is 2.58. The number of hydrogen-bond acceptors (Lipinski definition) is 4. The van der Waals surface area contributed by atoms with Crippen LogP contribution in [-0.2, 0) is 4.79 Å². The van der Waals surface area contributed by atoms with E-state index in [-0.39, 0.29) is 11.8 Å². The lowest BCUT2D eigenvalue weighted by Crippen LogP contribution is -2.27. The van der Waals surface area contributed by atoms with Crippen LogP contribution in [0.4, 0.5) is 10.8 Å². The first kappa shape index (κ1) is 15.1. The highest BCUT2D eigenvalue weighted by Crippen LogP contribution is 2.39. The van der Waals surface area contributed by atoms with Crippen molar-refractivity contribution < 1.29 is 9.53 Å². The van der Waals surface area contributed by atoms with Gasteiger partial charge in [-0.05, 0) is 56.2 Å². The fourth-order valence-electron chi connectivity index (χ4n) is 2.66. The maximum Gasteiger partial charge on any atom is 0.236 e. The summed E-state index contributed by atoms with van der Waals surface area (Å²) in [6, 6.07) is 15.6. The highest BCUT2D eigenvalue weighted by Gasteiger charge is 2.36. The van der Waals surface area contributed by atoms with Gasteiger partial charge in [-0.2, -0.15) is 0 Å². The third-order valence-electron chi connectivity index (χ3n) is 4.03. The normalized spacial score (nSPS) is 13.9. The van der Waals surface area contributed by atoms with Crippen LogP contribution in [0.15, 0.2) is 48.5 Å². The van der Waals surface area contributed by atoms with Gasteiger partial charge in [-0.25, -0.2) is 4.98 Å². The van der Waals surface area contributed by atoms with E-state index in [4.69, 9.17) is 4.74 Å². The van der Waals surface area contributed by atoms with E-state index in [0.29, 0.717) is 6.61 Å². The number of carbonyl (C=O) groups is 1. The van der Waals surface area contributed by atoms with Crippen molar-refractivity contribution in [3.8, 4) is 5.75 Å². The second-order valence-corrected chi connectivity index (χ2v) is 6.85. The molecule has 0 aliphatic heterocycles. The molecule has 2 aromatic carbocycles. The fourth-order valence-corrected chi connectivity index (χ4v) is 3.65. The highest BCUT2D eigenvalue weighted by atomic mass is 32.1. The Bertz CT molecular complexity index is 835. The molecule has 24 heavy (non-hydrogen) atoms. The zero-order valence-corrected chi connectivity index (χ0v) is 14.3. The number of thiazole rings is 1. The van der Waals surface area contributed by atoms with Gasteiger partial charge in [-0.15, -0.1) is 0 Å². The van der Waals surface area contributed by atoms with Crippen molar-refractivity contribution in [2.45, 2.75) is 19.8 Å². The van der Waals surface area contributed by atoms with E-state index in [2.05, 4.69) is 4.98 Å². The lowest BCUT2D eigenvalue weighted by atomic mass is 10.2. The van der Waals surface area contributed by atoms with Gasteiger partial charge in [0.25, 0.3) is 0 Å². The summed E-state index contributed by atoms with van der Waals surface area (Å²) in [4.78, 5) is 19.3. The highest BCUT2D eigenvalue weighted by molar-refractivity contribution is 7.22. The average Bonchev–Trinajstić information content (AvgIpc) is 3.36. The quantitative estimate of drug-likeness (QED) is 0.673. The Balaban J connectivity index is 1.74. The number of para-hydroxylation sites is 1. The number of ether oxygens (including phenoxy) is 1. The minimum atomic E-state index is 0.128. The molecule has 122 valence electrons. The van der Waals surface area contributed by atoms with Crippen LogP contribution in [0.2, 0.25) is 0 Å². The summed E-state index contributed by atoms with van der Waals surface area (Å²) in [5.41, 5.74) is 1.77. The Morgan fingerprint density at radius 2 is 1.96 bits per heavy atom. The SMILES string of the molecule is CCOc1ccc(N(C(=O)C2CC2)c2nc3ccccc3s2)cc1. The molecule has 0 N–H and O–H groups in total. The van der Waals surface area contributed by atoms with E-state index >= 15 is 0 Å². The van der Waals surface area contributed by atoms with Crippen LogP contribution in [-0.4, -0.2) is 17.5 Å². The summed E-state index contributed by atoms with van der Waals surface area (Å²) in [6.07, 6.45) is 1.94. The first-order valence-electron chi connectivity index (χ1n) is 8.18. The number of nitrogens with zero attached hydrogens (tertiary/aromatic N) is 2. The molecule has 1 aliphatic carbocycles. The molecule has 5 heteroatoms. The van der Waals surface area contributed by atoms with Gasteiger partial charge in [0.2, 0.25) is 5.91 Å². The van der Waals surface area contributed by atoms with Crippen molar-refractivity contribution in [3.05, 3.63) is 48.5 Å². The number of benzene rings is 2. The molecule has 4 nitrogen and oxygen atoms in total. The van der Waals surface area contributed by atoms with Gasteiger partial charge >= 0.3 is 0 Å². The van der Waals surface area contributed by atoms with Crippen LogP contribution >= 0.6 is 11.3 Å². The van der Waals surface area contributed by atoms with Gasteiger partial charge in [0.15, 0.2) is 5.13 Å². The minimum absolute atomic E-state index is 0.128. The second-order valence-electron chi connectivity index (χ2n) is 5.84. The van der Waals surface area contributed by atoms with Gasteiger partial charge in [0, 0.05) is 5.92 Å². The summed E-state index contributed by atoms with van der Waals surface area (Å²) in [7, 11) is 0. The Hall–Kier alpha value is -2.40. The third kappa shape index (κ3) is 2.87. The van der Waals surface area contributed by atoms with Crippen molar-refractivity contribution in [1.29, 1.82) is 0 Å². The lowest BCUT2D eigenvalue weighted by Gasteiger charge is -2.20. The molecule has 0 unspecified atom stereocenters. The summed E-state index contributed by atoms with van der Waals surface area (Å²) in [5, 5.41) is 0.734. The number of carbonyl (C=O) groups excluding carboxylic acids is 1. The number of hydrogen-bond donors (Lipinski definition) is 0. The number of rotatable bonds is 5. The van der Waals surface area contributed by atoms with Crippen LogP contribution in [0, 0.1) is 5.92 Å². The van der Waals surface area contributed by atoms with E-state index in [9.17, 15) is 4.79 Å². The molecule has 0 spiro atoms. The number of fused-ring (bicyclic) bond motifs is 1. The van der Waals surface area contributed by atoms with Gasteiger partial charge < -0.3 is 4.74 Å². The van der Waals surface area contributed by atoms with E-state index in [1.807, 2.05) is 55.5 Å². The fraction of sp³-hybridized carbons (Fsp3) is 0.263. The number of aromatic nitrogens is 1. The Labute approximate surface area is 144 Å². The van der Waals surface area contributed by atoms with Crippen LogP contribution in [0.25, 0.3) is 10.2 Å². The average molecular weight is 338 g/mol. The Morgan fingerprint density at radius 3 is 2.62 bits per heavy atom. The number of amides is 1. The standard InChI is InChI=1S/C19H18N2O2S/c1-2-23-15-11-9-14(10-12-15)21(18(22)13-7-8-13)19-20-16-5-3-4-6-17(16)24-19/h3-6,9-13H,2,7-8H2,1H3. The van der Waals surface area contributed by atoms with Gasteiger partial charge in [0.05, 0.1) is 22.5 Å². The smallest absolute Gasteiger partial charge is 0.236 e. The van der Waals surface area contributed by atoms with Crippen molar-refractivity contribution in [2.24, 2.45) is 5.92 Å². The molecule has 1 fully saturated rings. The zero-order chi connectivity index (χ0) is 16.5.